The van der Waals surface area contributed by atoms with Gasteiger partial charge in [-0.25, -0.2) is 4.98 Å². The van der Waals surface area contributed by atoms with Gasteiger partial charge in [-0.3, -0.25) is 0 Å². The lowest BCUT2D eigenvalue weighted by molar-refractivity contribution is 0.571. The van der Waals surface area contributed by atoms with Gasteiger partial charge in [0.15, 0.2) is 0 Å². The van der Waals surface area contributed by atoms with Crippen molar-refractivity contribution in [3.63, 3.8) is 0 Å². The summed E-state index contributed by atoms with van der Waals surface area (Å²) in [5.41, 5.74) is 3.48. The molecule has 1 N–H and O–H groups in total. The van der Waals surface area contributed by atoms with Crippen LogP contribution in [0.1, 0.15) is 37.0 Å². The van der Waals surface area contributed by atoms with Gasteiger partial charge in [0, 0.05) is 22.4 Å². The third kappa shape index (κ3) is 3.71. The van der Waals surface area contributed by atoms with Gasteiger partial charge in [-0.1, -0.05) is 39.0 Å². The predicted octanol–water partition coefficient (Wildman–Crippen LogP) is 4.79. The van der Waals surface area contributed by atoms with Crippen molar-refractivity contribution in [1.82, 2.24) is 4.98 Å². The number of thiazole rings is 1. The van der Waals surface area contributed by atoms with Gasteiger partial charge in [-0.15, -0.1) is 22.9 Å². The zero-order valence-corrected chi connectivity index (χ0v) is 13.1. The Hall–Kier alpha value is -1.06. The summed E-state index contributed by atoms with van der Waals surface area (Å²) in [5.74, 6) is 0.522. The molecule has 19 heavy (non-hydrogen) atoms. The van der Waals surface area contributed by atoms with Crippen LogP contribution in [-0.2, 0) is 17.8 Å². The molecule has 1 aromatic carbocycles. The summed E-state index contributed by atoms with van der Waals surface area (Å²) in [6, 6.07) is 8.11. The van der Waals surface area contributed by atoms with Crippen LogP contribution in [0.15, 0.2) is 29.6 Å². The molecule has 0 fully saturated rings. The van der Waals surface area contributed by atoms with E-state index >= 15 is 0 Å². The first-order chi connectivity index (χ1) is 9.00. The molecule has 2 aromatic rings. The zero-order chi connectivity index (χ0) is 13.9. The molecule has 0 radical (unpaired) electrons. The van der Waals surface area contributed by atoms with Gasteiger partial charge in [0.05, 0.1) is 12.2 Å². The van der Waals surface area contributed by atoms with Crippen LogP contribution in [0.3, 0.4) is 0 Å². The van der Waals surface area contributed by atoms with Crippen LogP contribution in [0.25, 0.3) is 0 Å². The molecule has 2 nitrogen and oxygen atoms in total. The highest BCUT2D eigenvalue weighted by Crippen LogP contribution is 2.25. The van der Waals surface area contributed by atoms with E-state index in [1.807, 2.05) is 18.2 Å². The molecular weight excluding hydrogens is 276 g/mol. The van der Waals surface area contributed by atoms with Crippen molar-refractivity contribution in [2.45, 2.75) is 38.6 Å². The molecule has 0 spiro atoms. The summed E-state index contributed by atoms with van der Waals surface area (Å²) in [6.07, 6.45) is 0. The number of alkyl halides is 1. The maximum absolute atomic E-state index is 5.92. The van der Waals surface area contributed by atoms with Crippen LogP contribution < -0.4 is 5.32 Å². The topological polar surface area (TPSA) is 24.9 Å². The lowest BCUT2D eigenvalue weighted by atomic mass is 9.93. The fourth-order valence-corrected chi connectivity index (χ4v) is 2.91. The van der Waals surface area contributed by atoms with E-state index in [0.717, 1.165) is 28.5 Å². The van der Waals surface area contributed by atoms with Crippen molar-refractivity contribution in [1.29, 1.82) is 0 Å². The minimum absolute atomic E-state index is 0.114. The molecule has 1 heterocycles. The normalized spacial score (nSPS) is 11.6. The summed E-state index contributed by atoms with van der Waals surface area (Å²) in [6.45, 7) is 7.29. The summed E-state index contributed by atoms with van der Waals surface area (Å²) in [5, 5.41) is 6.66. The van der Waals surface area contributed by atoms with Crippen molar-refractivity contribution in [3.8, 4) is 0 Å². The predicted molar refractivity (Wildman–Crippen MR) is 84.1 cm³/mol. The fourth-order valence-electron chi connectivity index (χ4n) is 1.72. The van der Waals surface area contributed by atoms with Crippen molar-refractivity contribution < 1.29 is 0 Å². The summed E-state index contributed by atoms with van der Waals surface area (Å²) in [4.78, 5) is 4.68. The third-order valence-electron chi connectivity index (χ3n) is 2.91. The molecule has 0 amide bonds. The molecule has 2 rings (SSSR count). The number of aromatic nitrogens is 1. The molecule has 102 valence electrons. The van der Waals surface area contributed by atoms with E-state index in [2.05, 4.69) is 42.5 Å². The van der Waals surface area contributed by atoms with Gasteiger partial charge in [-0.05, 0) is 11.6 Å². The monoisotopic (exact) mass is 294 g/mol. The Morgan fingerprint density at radius 1 is 1.26 bits per heavy atom. The van der Waals surface area contributed by atoms with Crippen LogP contribution in [0, 0.1) is 0 Å². The van der Waals surface area contributed by atoms with Crippen LogP contribution in [0.5, 0.6) is 0 Å². The molecule has 0 atom stereocenters. The molecular formula is C15H19ClN2S. The molecule has 0 unspecified atom stereocenters. The number of para-hydroxylation sites is 1. The summed E-state index contributed by atoms with van der Waals surface area (Å²) in [7, 11) is 0. The minimum Gasteiger partial charge on any atom is -0.378 e. The Morgan fingerprint density at radius 2 is 2.00 bits per heavy atom. The second kappa shape index (κ2) is 5.93. The maximum atomic E-state index is 5.92. The molecule has 0 saturated carbocycles. The number of benzene rings is 1. The molecule has 0 aliphatic carbocycles. The number of rotatable bonds is 4. The Balaban J connectivity index is 2.05. The Morgan fingerprint density at radius 3 is 2.63 bits per heavy atom. The second-order valence-electron chi connectivity index (χ2n) is 5.52. The molecule has 4 heteroatoms. The van der Waals surface area contributed by atoms with Gasteiger partial charge in [0.25, 0.3) is 0 Å². The fraction of sp³-hybridized carbons (Fsp3) is 0.400. The van der Waals surface area contributed by atoms with Crippen molar-refractivity contribution in [2.75, 3.05) is 5.32 Å². The first-order valence-corrected chi connectivity index (χ1v) is 7.75. The molecule has 0 saturated heterocycles. The summed E-state index contributed by atoms with van der Waals surface area (Å²) >= 11 is 7.63. The Labute approximate surface area is 123 Å². The van der Waals surface area contributed by atoms with E-state index in [1.165, 1.54) is 0 Å². The number of hydrogen-bond donors (Lipinski definition) is 1. The van der Waals surface area contributed by atoms with Gasteiger partial charge >= 0.3 is 0 Å². The Bertz CT molecular complexity index is 543. The number of anilines is 1. The Kier molecular flexibility index (Phi) is 4.48. The highest BCUT2D eigenvalue weighted by molar-refractivity contribution is 7.09. The van der Waals surface area contributed by atoms with Gasteiger partial charge in [-0.2, -0.15) is 0 Å². The SMILES string of the molecule is CC(C)(C)c1csc(CNc2ccccc2CCl)n1. The van der Waals surface area contributed by atoms with Crippen molar-refractivity contribution >= 4 is 28.6 Å². The highest BCUT2D eigenvalue weighted by atomic mass is 35.5. The lowest BCUT2D eigenvalue weighted by Crippen LogP contribution is -2.12. The van der Waals surface area contributed by atoms with Crippen LogP contribution in [0.2, 0.25) is 0 Å². The van der Waals surface area contributed by atoms with Crippen LogP contribution in [-0.4, -0.2) is 4.98 Å². The highest BCUT2D eigenvalue weighted by Gasteiger charge is 2.17. The van der Waals surface area contributed by atoms with E-state index in [-0.39, 0.29) is 5.41 Å². The van der Waals surface area contributed by atoms with Gasteiger partial charge in [0.1, 0.15) is 5.01 Å². The number of halogens is 1. The molecule has 1 aromatic heterocycles. The van der Waals surface area contributed by atoms with E-state index in [9.17, 15) is 0 Å². The standard InChI is InChI=1S/C15H19ClN2S/c1-15(2,3)13-10-19-14(18-13)9-17-12-7-5-4-6-11(12)8-16/h4-7,10,17H,8-9H2,1-3H3. The van der Waals surface area contributed by atoms with E-state index in [4.69, 9.17) is 11.6 Å². The smallest absolute Gasteiger partial charge is 0.112 e. The number of hydrogen-bond acceptors (Lipinski definition) is 3. The number of nitrogens with one attached hydrogen (secondary N) is 1. The first-order valence-electron chi connectivity index (χ1n) is 6.33. The average molecular weight is 295 g/mol. The average Bonchev–Trinajstić information content (AvgIpc) is 2.85. The largest absolute Gasteiger partial charge is 0.378 e. The summed E-state index contributed by atoms with van der Waals surface area (Å²) < 4.78 is 0. The van der Waals surface area contributed by atoms with E-state index < -0.39 is 0 Å². The van der Waals surface area contributed by atoms with Crippen LogP contribution >= 0.6 is 22.9 Å². The molecule has 0 aliphatic heterocycles. The van der Waals surface area contributed by atoms with E-state index in [1.54, 1.807) is 11.3 Å². The van der Waals surface area contributed by atoms with Crippen LogP contribution in [0.4, 0.5) is 5.69 Å². The van der Waals surface area contributed by atoms with Gasteiger partial charge in [0.2, 0.25) is 0 Å². The zero-order valence-electron chi connectivity index (χ0n) is 11.5. The van der Waals surface area contributed by atoms with E-state index in [0.29, 0.717) is 5.88 Å². The quantitative estimate of drug-likeness (QED) is 0.820. The molecule has 0 bridgehead atoms. The lowest BCUT2D eigenvalue weighted by Gasteiger charge is -2.14. The van der Waals surface area contributed by atoms with Gasteiger partial charge < -0.3 is 5.32 Å². The second-order valence-corrected chi connectivity index (χ2v) is 6.73. The maximum Gasteiger partial charge on any atom is 0.112 e. The number of nitrogens with zero attached hydrogens (tertiary/aromatic N) is 1. The first kappa shape index (κ1) is 14.4. The minimum atomic E-state index is 0.114. The van der Waals surface area contributed by atoms with Crippen molar-refractivity contribution in [3.05, 3.63) is 45.9 Å². The van der Waals surface area contributed by atoms with Crippen molar-refractivity contribution in [2.24, 2.45) is 0 Å². The third-order valence-corrected chi connectivity index (χ3v) is 4.05. The molecule has 0 aliphatic rings.